The van der Waals surface area contributed by atoms with Crippen LogP contribution in [0.1, 0.15) is 0 Å². The second-order valence-electron chi connectivity index (χ2n) is 5.98. The van der Waals surface area contributed by atoms with E-state index >= 15 is 0 Å². The van der Waals surface area contributed by atoms with Crippen molar-refractivity contribution >= 4 is 17.6 Å². The van der Waals surface area contributed by atoms with E-state index in [1.54, 1.807) is 24.5 Å². The summed E-state index contributed by atoms with van der Waals surface area (Å²) in [5, 5.41) is 0. The summed E-state index contributed by atoms with van der Waals surface area (Å²) in [5.74, 6) is 1.60. The van der Waals surface area contributed by atoms with Gasteiger partial charge >= 0.3 is 0 Å². The van der Waals surface area contributed by atoms with Crippen molar-refractivity contribution in [2.45, 2.75) is 0 Å². The minimum atomic E-state index is 0.471. The number of pyridine rings is 2. The first-order valence-electron chi connectivity index (χ1n) is 8.34. The molecule has 3 aromatic heterocycles. The summed E-state index contributed by atoms with van der Waals surface area (Å²) >= 11 is 0. The molecular formula is C18H19N7O. The molecule has 8 nitrogen and oxygen atoms in total. The Kier molecular flexibility index (Phi) is 4.32. The predicted molar refractivity (Wildman–Crippen MR) is 100 cm³/mol. The van der Waals surface area contributed by atoms with Crippen LogP contribution < -0.4 is 16.4 Å². The Bertz CT molecular complexity index is 827. The number of nitrogen functional groups attached to an aromatic ring is 2. The lowest BCUT2D eigenvalue weighted by atomic mass is 10.1. The number of morpholine rings is 1. The highest BCUT2D eigenvalue weighted by Crippen LogP contribution is 2.26. The third kappa shape index (κ3) is 3.40. The van der Waals surface area contributed by atoms with E-state index in [9.17, 15) is 0 Å². The molecule has 0 atom stereocenters. The van der Waals surface area contributed by atoms with E-state index < -0.39 is 0 Å². The van der Waals surface area contributed by atoms with Crippen molar-refractivity contribution in [3.8, 4) is 22.5 Å². The van der Waals surface area contributed by atoms with E-state index in [1.165, 1.54) is 0 Å². The van der Waals surface area contributed by atoms with Crippen LogP contribution >= 0.6 is 0 Å². The third-order valence-electron chi connectivity index (χ3n) is 4.17. The molecule has 3 aromatic rings. The largest absolute Gasteiger partial charge is 0.384 e. The summed E-state index contributed by atoms with van der Waals surface area (Å²) < 4.78 is 5.43. The zero-order valence-corrected chi connectivity index (χ0v) is 14.2. The second-order valence-corrected chi connectivity index (χ2v) is 5.98. The van der Waals surface area contributed by atoms with Crippen LogP contribution in [0, 0.1) is 0 Å². The fraction of sp³-hybridized carbons (Fsp3) is 0.222. The summed E-state index contributed by atoms with van der Waals surface area (Å²) in [5.41, 5.74) is 14.7. The van der Waals surface area contributed by atoms with E-state index in [-0.39, 0.29) is 0 Å². The average Bonchev–Trinajstić information content (AvgIpc) is 2.69. The lowest BCUT2D eigenvalue weighted by molar-refractivity contribution is 0.122. The molecule has 0 spiro atoms. The van der Waals surface area contributed by atoms with Crippen molar-refractivity contribution in [1.82, 2.24) is 19.9 Å². The van der Waals surface area contributed by atoms with Crippen molar-refractivity contribution in [2.75, 3.05) is 42.7 Å². The highest BCUT2D eigenvalue weighted by atomic mass is 16.5. The van der Waals surface area contributed by atoms with Crippen LogP contribution in [0.3, 0.4) is 0 Å². The molecule has 26 heavy (non-hydrogen) atoms. The molecule has 1 saturated heterocycles. The Morgan fingerprint density at radius 2 is 1.35 bits per heavy atom. The Morgan fingerprint density at radius 1 is 0.808 bits per heavy atom. The van der Waals surface area contributed by atoms with Gasteiger partial charge in [0.2, 0.25) is 5.95 Å². The maximum atomic E-state index is 5.70. The van der Waals surface area contributed by atoms with Crippen LogP contribution in [0.15, 0.2) is 42.7 Å². The number of rotatable bonds is 3. The van der Waals surface area contributed by atoms with Crippen molar-refractivity contribution in [2.24, 2.45) is 0 Å². The molecule has 0 saturated carbocycles. The van der Waals surface area contributed by atoms with Gasteiger partial charge in [-0.05, 0) is 30.3 Å². The van der Waals surface area contributed by atoms with Gasteiger partial charge in [-0.2, -0.15) is 0 Å². The van der Waals surface area contributed by atoms with E-state index in [0.29, 0.717) is 30.8 Å². The number of nitrogens with two attached hydrogens (primary N) is 2. The Morgan fingerprint density at radius 3 is 1.81 bits per heavy atom. The van der Waals surface area contributed by atoms with Gasteiger partial charge in [-0.1, -0.05) is 0 Å². The molecule has 1 fully saturated rings. The van der Waals surface area contributed by atoms with Gasteiger partial charge in [-0.15, -0.1) is 0 Å². The summed E-state index contributed by atoms with van der Waals surface area (Å²) in [6.07, 6.45) is 3.43. The molecule has 0 radical (unpaired) electrons. The molecule has 0 bridgehead atoms. The first-order valence-corrected chi connectivity index (χ1v) is 8.34. The Labute approximate surface area is 150 Å². The molecule has 8 heteroatoms. The van der Waals surface area contributed by atoms with Gasteiger partial charge in [0.05, 0.1) is 24.6 Å². The summed E-state index contributed by atoms with van der Waals surface area (Å²) in [7, 11) is 0. The fourth-order valence-electron chi connectivity index (χ4n) is 2.75. The van der Waals surface area contributed by atoms with Crippen LogP contribution in [0.2, 0.25) is 0 Å². The van der Waals surface area contributed by atoms with Gasteiger partial charge in [-0.3, -0.25) is 0 Å². The number of nitrogens with zero attached hydrogens (tertiary/aromatic N) is 5. The van der Waals surface area contributed by atoms with Crippen molar-refractivity contribution in [1.29, 1.82) is 0 Å². The van der Waals surface area contributed by atoms with Gasteiger partial charge in [0.25, 0.3) is 0 Å². The van der Waals surface area contributed by atoms with Crippen LogP contribution in [-0.2, 0) is 4.74 Å². The first kappa shape index (κ1) is 16.2. The first-order chi connectivity index (χ1) is 12.7. The molecule has 0 aliphatic carbocycles. The van der Waals surface area contributed by atoms with Gasteiger partial charge < -0.3 is 21.1 Å². The number of aromatic nitrogens is 4. The number of hydrogen-bond acceptors (Lipinski definition) is 8. The molecule has 1 aliphatic rings. The zero-order valence-electron chi connectivity index (χ0n) is 14.2. The molecule has 1 aliphatic heterocycles. The fourth-order valence-corrected chi connectivity index (χ4v) is 2.75. The van der Waals surface area contributed by atoms with Gasteiger partial charge in [0, 0.05) is 36.6 Å². The third-order valence-corrected chi connectivity index (χ3v) is 4.17. The number of anilines is 3. The maximum absolute atomic E-state index is 5.70. The van der Waals surface area contributed by atoms with E-state index in [0.717, 1.165) is 35.6 Å². The van der Waals surface area contributed by atoms with Gasteiger partial charge in [-0.25, -0.2) is 19.9 Å². The minimum Gasteiger partial charge on any atom is -0.384 e. The minimum absolute atomic E-state index is 0.471. The van der Waals surface area contributed by atoms with Crippen molar-refractivity contribution < 1.29 is 4.74 Å². The Balaban J connectivity index is 1.80. The Hall–Kier alpha value is -3.26. The average molecular weight is 349 g/mol. The molecule has 132 valence electrons. The van der Waals surface area contributed by atoms with Crippen LogP contribution in [0.25, 0.3) is 22.5 Å². The van der Waals surface area contributed by atoms with Crippen LogP contribution in [0.4, 0.5) is 17.6 Å². The highest BCUT2D eigenvalue weighted by molar-refractivity contribution is 5.69. The SMILES string of the molecule is Nc1ccc(-c2cc(-c3ccc(N)nc3)nc(N3CCOCC3)n2)cn1. The molecule has 0 aromatic carbocycles. The normalized spacial score (nSPS) is 14.4. The molecule has 4 N–H and O–H groups in total. The zero-order chi connectivity index (χ0) is 17.9. The highest BCUT2D eigenvalue weighted by Gasteiger charge is 2.17. The summed E-state index contributed by atoms with van der Waals surface area (Å²) in [6.45, 7) is 2.83. The quantitative estimate of drug-likeness (QED) is 0.732. The topological polar surface area (TPSA) is 116 Å². The van der Waals surface area contributed by atoms with Crippen LogP contribution in [0.5, 0.6) is 0 Å². The molecule has 0 amide bonds. The molecular weight excluding hydrogens is 330 g/mol. The maximum Gasteiger partial charge on any atom is 0.226 e. The van der Waals surface area contributed by atoms with Crippen molar-refractivity contribution in [3.63, 3.8) is 0 Å². The molecule has 4 rings (SSSR count). The van der Waals surface area contributed by atoms with E-state index in [4.69, 9.17) is 26.2 Å². The molecule has 0 unspecified atom stereocenters. The lowest BCUT2D eigenvalue weighted by Gasteiger charge is -2.27. The van der Waals surface area contributed by atoms with E-state index in [2.05, 4.69) is 14.9 Å². The predicted octanol–water partition coefficient (Wildman–Crippen LogP) is 1.60. The number of ether oxygens (including phenoxy) is 1. The smallest absolute Gasteiger partial charge is 0.226 e. The summed E-state index contributed by atoms with van der Waals surface area (Å²) in [4.78, 5) is 19.9. The second kappa shape index (κ2) is 6.93. The molecule has 4 heterocycles. The number of hydrogen-bond donors (Lipinski definition) is 2. The van der Waals surface area contributed by atoms with Crippen molar-refractivity contribution in [3.05, 3.63) is 42.7 Å². The lowest BCUT2D eigenvalue weighted by Crippen LogP contribution is -2.37. The standard InChI is InChI=1S/C18H19N7O/c19-16-3-1-12(10-21-16)14-9-15(13-2-4-17(20)22-11-13)24-18(23-14)25-5-7-26-8-6-25/h1-4,9-11H,5-8H2,(H2,19,21)(H2,20,22). The van der Waals surface area contributed by atoms with E-state index in [1.807, 2.05) is 18.2 Å². The van der Waals surface area contributed by atoms with Gasteiger partial charge in [0.1, 0.15) is 11.6 Å². The van der Waals surface area contributed by atoms with Crippen LogP contribution in [-0.4, -0.2) is 46.2 Å². The monoisotopic (exact) mass is 349 g/mol. The van der Waals surface area contributed by atoms with Gasteiger partial charge in [0.15, 0.2) is 0 Å². The summed E-state index contributed by atoms with van der Waals surface area (Å²) in [6, 6.07) is 9.24.